The van der Waals surface area contributed by atoms with Crippen LogP contribution in [0.25, 0.3) is 11.4 Å². The Balaban J connectivity index is 1.70. The van der Waals surface area contributed by atoms with Crippen molar-refractivity contribution in [1.82, 2.24) is 20.1 Å². The molecule has 0 saturated carbocycles. The fourth-order valence-electron chi connectivity index (χ4n) is 3.68. The maximum atomic E-state index is 12.8. The number of thioether (sulfide) groups is 1. The standard InChI is InChI=1S/C23H25N5O4S/c1-31-17-11-9-16(10-12-17)20-26-27-23(28(20)14-18-8-5-13-32-18)33-19(21(29)25-22(24)30)15-6-3-2-4-7-15/h2-4,6-7,9-12,18-19H,5,8,13-14H2,1H3,(H3,24,25,29,30)/t18-,19-/m1/s1. The van der Waals surface area contributed by atoms with Gasteiger partial charge in [-0.15, -0.1) is 10.2 Å². The third-order valence-corrected chi connectivity index (χ3v) is 6.52. The third kappa shape index (κ3) is 5.52. The van der Waals surface area contributed by atoms with Crippen LogP contribution in [0.2, 0.25) is 0 Å². The highest BCUT2D eigenvalue weighted by molar-refractivity contribution is 8.00. The molecule has 33 heavy (non-hydrogen) atoms. The summed E-state index contributed by atoms with van der Waals surface area (Å²) in [5.41, 5.74) is 6.79. The third-order valence-electron chi connectivity index (χ3n) is 5.29. The fraction of sp³-hybridized carbons (Fsp3) is 0.304. The Morgan fingerprint density at radius 3 is 2.61 bits per heavy atom. The van der Waals surface area contributed by atoms with Gasteiger partial charge in [0.25, 0.3) is 0 Å². The van der Waals surface area contributed by atoms with Crippen LogP contribution in [-0.2, 0) is 16.1 Å². The zero-order chi connectivity index (χ0) is 23.2. The molecule has 1 aromatic heterocycles. The quantitative estimate of drug-likeness (QED) is 0.488. The molecule has 10 heteroatoms. The van der Waals surface area contributed by atoms with Crippen molar-refractivity contribution in [1.29, 1.82) is 0 Å². The molecule has 3 N–H and O–H groups in total. The van der Waals surface area contributed by atoms with E-state index in [1.807, 2.05) is 59.2 Å². The van der Waals surface area contributed by atoms with Crippen LogP contribution in [0.15, 0.2) is 59.8 Å². The first kappa shape index (κ1) is 22.8. The molecule has 1 aliphatic rings. The summed E-state index contributed by atoms with van der Waals surface area (Å²) in [7, 11) is 1.62. The molecule has 0 aliphatic carbocycles. The number of benzene rings is 2. The summed E-state index contributed by atoms with van der Waals surface area (Å²) in [5, 5.41) is 10.8. The van der Waals surface area contributed by atoms with Gasteiger partial charge in [0.05, 0.1) is 19.8 Å². The molecule has 9 nitrogen and oxygen atoms in total. The summed E-state index contributed by atoms with van der Waals surface area (Å²) in [6, 6.07) is 15.8. The molecule has 2 aromatic carbocycles. The molecule has 0 bridgehead atoms. The van der Waals surface area contributed by atoms with Crippen molar-refractivity contribution in [3.63, 3.8) is 0 Å². The van der Waals surface area contributed by atoms with Crippen LogP contribution in [-0.4, -0.2) is 46.5 Å². The first-order chi connectivity index (χ1) is 16.0. The van der Waals surface area contributed by atoms with Crippen molar-refractivity contribution in [3.05, 3.63) is 60.2 Å². The van der Waals surface area contributed by atoms with Crippen molar-refractivity contribution in [3.8, 4) is 17.1 Å². The minimum absolute atomic E-state index is 0.0342. The number of carbonyl (C=O) groups is 2. The van der Waals surface area contributed by atoms with Gasteiger partial charge in [0.1, 0.15) is 11.0 Å². The summed E-state index contributed by atoms with van der Waals surface area (Å²) >= 11 is 1.21. The average molecular weight is 468 g/mol. The van der Waals surface area contributed by atoms with Crippen LogP contribution in [0.3, 0.4) is 0 Å². The normalized spacial score (nSPS) is 16.3. The summed E-state index contributed by atoms with van der Waals surface area (Å²) in [6.07, 6.45) is 1.97. The molecule has 1 aliphatic heterocycles. The van der Waals surface area contributed by atoms with E-state index in [4.69, 9.17) is 15.2 Å². The maximum Gasteiger partial charge on any atom is 0.318 e. The van der Waals surface area contributed by atoms with Gasteiger partial charge in [-0.3, -0.25) is 14.7 Å². The number of methoxy groups -OCH3 is 1. The van der Waals surface area contributed by atoms with Gasteiger partial charge in [0.15, 0.2) is 11.0 Å². The Bertz CT molecular complexity index is 1100. The van der Waals surface area contributed by atoms with Gasteiger partial charge in [-0.05, 0) is 42.7 Å². The van der Waals surface area contributed by atoms with Gasteiger partial charge in [0, 0.05) is 12.2 Å². The second-order valence-corrected chi connectivity index (χ2v) is 8.61. The fourth-order valence-corrected chi connectivity index (χ4v) is 4.73. The van der Waals surface area contributed by atoms with E-state index in [2.05, 4.69) is 15.5 Å². The van der Waals surface area contributed by atoms with Gasteiger partial charge in [-0.2, -0.15) is 0 Å². The average Bonchev–Trinajstić information content (AvgIpc) is 3.48. The van der Waals surface area contributed by atoms with Crippen LogP contribution in [0.4, 0.5) is 4.79 Å². The van der Waals surface area contributed by atoms with Crippen LogP contribution < -0.4 is 15.8 Å². The Hall–Kier alpha value is -3.37. The Kier molecular flexibility index (Phi) is 7.26. The molecule has 1 fully saturated rings. The summed E-state index contributed by atoms with van der Waals surface area (Å²) in [6.45, 7) is 1.27. The zero-order valence-corrected chi connectivity index (χ0v) is 19.0. The zero-order valence-electron chi connectivity index (χ0n) is 18.1. The smallest absolute Gasteiger partial charge is 0.318 e. The molecule has 172 valence electrons. The van der Waals surface area contributed by atoms with Gasteiger partial charge >= 0.3 is 6.03 Å². The maximum absolute atomic E-state index is 12.8. The van der Waals surface area contributed by atoms with Crippen molar-refractivity contribution < 1.29 is 19.1 Å². The summed E-state index contributed by atoms with van der Waals surface area (Å²) < 4.78 is 13.1. The molecular formula is C23H25N5O4S. The highest BCUT2D eigenvalue weighted by Gasteiger charge is 2.28. The van der Waals surface area contributed by atoms with E-state index in [0.29, 0.717) is 17.5 Å². The second-order valence-electron chi connectivity index (χ2n) is 7.54. The van der Waals surface area contributed by atoms with Crippen molar-refractivity contribution in [2.24, 2.45) is 5.73 Å². The highest BCUT2D eigenvalue weighted by atomic mass is 32.2. The van der Waals surface area contributed by atoms with E-state index in [-0.39, 0.29) is 6.10 Å². The van der Waals surface area contributed by atoms with Crippen molar-refractivity contribution in [2.75, 3.05) is 13.7 Å². The molecule has 0 spiro atoms. The molecule has 3 aromatic rings. The molecule has 3 amide bonds. The number of hydrogen-bond donors (Lipinski definition) is 2. The topological polar surface area (TPSA) is 121 Å². The Morgan fingerprint density at radius 2 is 1.97 bits per heavy atom. The van der Waals surface area contributed by atoms with E-state index >= 15 is 0 Å². The summed E-state index contributed by atoms with van der Waals surface area (Å²) in [4.78, 5) is 24.2. The van der Waals surface area contributed by atoms with Crippen molar-refractivity contribution in [2.45, 2.75) is 35.9 Å². The van der Waals surface area contributed by atoms with Gasteiger partial charge < -0.3 is 15.2 Å². The number of rotatable bonds is 8. The molecule has 0 radical (unpaired) electrons. The first-order valence-electron chi connectivity index (χ1n) is 10.6. The van der Waals surface area contributed by atoms with Gasteiger partial charge in [0.2, 0.25) is 5.91 Å². The lowest BCUT2D eigenvalue weighted by Crippen LogP contribution is -2.37. The minimum atomic E-state index is -0.902. The van der Waals surface area contributed by atoms with Gasteiger partial charge in [-0.1, -0.05) is 42.1 Å². The van der Waals surface area contributed by atoms with E-state index in [1.165, 1.54) is 11.8 Å². The summed E-state index contributed by atoms with van der Waals surface area (Å²) in [5.74, 6) is 0.889. The lowest BCUT2D eigenvalue weighted by atomic mass is 10.1. The molecule has 0 unspecified atom stereocenters. The van der Waals surface area contributed by atoms with E-state index in [1.54, 1.807) is 7.11 Å². The number of nitrogens with zero attached hydrogens (tertiary/aromatic N) is 3. The lowest BCUT2D eigenvalue weighted by molar-refractivity contribution is -0.119. The van der Waals surface area contributed by atoms with Crippen LogP contribution >= 0.6 is 11.8 Å². The number of hydrogen-bond acceptors (Lipinski definition) is 7. The monoisotopic (exact) mass is 467 g/mol. The SMILES string of the molecule is COc1ccc(-c2nnc(S[C@@H](C(=O)NC(N)=O)c3ccccc3)n2C[C@H]2CCCO2)cc1. The van der Waals surface area contributed by atoms with Gasteiger partial charge in [-0.25, -0.2) is 4.79 Å². The highest BCUT2D eigenvalue weighted by Crippen LogP contribution is 2.37. The molecular weight excluding hydrogens is 442 g/mol. The Labute approximate surface area is 195 Å². The first-order valence-corrected chi connectivity index (χ1v) is 11.4. The molecule has 2 atom stereocenters. The number of nitrogens with two attached hydrogens (primary N) is 1. The van der Waals surface area contributed by atoms with E-state index < -0.39 is 17.2 Å². The van der Waals surface area contributed by atoms with Crippen molar-refractivity contribution >= 4 is 23.7 Å². The second kappa shape index (κ2) is 10.5. The van der Waals surface area contributed by atoms with E-state index in [0.717, 1.165) is 36.3 Å². The number of amides is 3. The van der Waals surface area contributed by atoms with Crippen LogP contribution in [0, 0.1) is 0 Å². The number of urea groups is 1. The molecule has 1 saturated heterocycles. The van der Waals surface area contributed by atoms with E-state index in [9.17, 15) is 9.59 Å². The number of imide groups is 1. The molecule has 4 rings (SSSR count). The largest absolute Gasteiger partial charge is 0.497 e. The number of carbonyl (C=O) groups excluding carboxylic acids is 2. The number of aromatic nitrogens is 3. The van der Waals surface area contributed by atoms with Crippen LogP contribution in [0.1, 0.15) is 23.7 Å². The number of primary amides is 1. The lowest BCUT2D eigenvalue weighted by Gasteiger charge is -2.18. The number of nitrogens with one attached hydrogen (secondary N) is 1. The predicted molar refractivity (Wildman–Crippen MR) is 124 cm³/mol. The predicted octanol–water partition coefficient (Wildman–Crippen LogP) is 3.16. The minimum Gasteiger partial charge on any atom is -0.497 e. The Morgan fingerprint density at radius 1 is 1.21 bits per heavy atom. The molecule has 2 heterocycles. The number of ether oxygens (including phenoxy) is 2. The van der Waals surface area contributed by atoms with Crippen LogP contribution in [0.5, 0.6) is 5.75 Å².